The van der Waals surface area contributed by atoms with E-state index in [1.165, 1.54) is 0 Å². The van der Waals surface area contributed by atoms with Crippen molar-refractivity contribution in [2.45, 2.75) is 44.3 Å². The fraction of sp³-hybridized carbons (Fsp3) is 1.00. The highest BCUT2D eigenvalue weighted by atomic mass is 19.4. The van der Waals surface area contributed by atoms with Crippen molar-refractivity contribution in [1.29, 1.82) is 0 Å². The van der Waals surface area contributed by atoms with Crippen LogP contribution in [0.5, 0.6) is 0 Å². The number of rotatable bonds is 5. The molecule has 0 aromatic carbocycles. The van der Waals surface area contributed by atoms with Crippen LogP contribution < -0.4 is 5.32 Å². The van der Waals surface area contributed by atoms with Gasteiger partial charge in [-0.25, -0.2) is 0 Å². The Balaban J connectivity index is 2.11. The van der Waals surface area contributed by atoms with Crippen LogP contribution in [0.25, 0.3) is 0 Å². The van der Waals surface area contributed by atoms with E-state index in [2.05, 4.69) is 10.2 Å². The molecule has 5 heteroatoms. The normalized spacial score (nSPS) is 26.5. The largest absolute Gasteiger partial charge is 0.391 e. The minimum Gasteiger partial charge on any atom is -0.314 e. The van der Waals surface area contributed by atoms with Gasteiger partial charge in [-0.2, -0.15) is 13.2 Å². The van der Waals surface area contributed by atoms with Gasteiger partial charge in [-0.3, -0.25) is 0 Å². The third kappa shape index (κ3) is 5.73. The van der Waals surface area contributed by atoms with E-state index in [0.717, 1.165) is 19.5 Å². The Morgan fingerprint density at radius 3 is 2.18 bits per heavy atom. The van der Waals surface area contributed by atoms with Crippen LogP contribution in [0.1, 0.15) is 32.1 Å². The van der Waals surface area contributed by atoms with E-state index in [-0.39, 0.29) is 18.9 Å². The first kappa shape index (κ1) is 14.8. The summed E-state index contributed by atoms with van der Waals surface area (Å²) in [4.78, 5) is 2.11. The predicted octanol–water partition coefficient (Wildman–Crippen LogP) is 2.65. The lowest BCUT2D eigenvalue weighted by atomic mass is 9.85. The molecule has 2 nitrogen and oxygen atoms in total. The summed E-state index contributed by atoms with van der Waals surface area (Å²) < 4.78 is 37.3. The third-order valence-electron chi connectivity index (χ3n) is 3.41. The molecule has 0 saturated heterocycles. The molecule has 0 spiro atoms. The van der Waals surface area contributed by atoms with Crippen LogP contribution in [0.2, 0.25) is 0 Å². The molecule has 0 atom stereocenters. The summed E-state index contributed by atoms with van der Waals surface area (Å²) >= 11 is 0. The molecule has 1 fully saturated rings. The topological polar surface area (TPSA) is 15.3 Å². The van der Waals surface area contributed by atoms with E-state index in [1.807, 2.05) is 14.1 Å². The first-order chi connectivity index (χ1) is 7.89. The SMILES string of the molecule is CN(C)CCCNC1CCC(C(F)(F)F)CC1. The lowest BCUT2D eigenvalue weighted by Gasteiger charge is -2.30. The number of nitrogens with zero attached hydrogens (tertiary/aromatic N) is 1. The molecule has 102 valence electrons. The van der Waals surface area contributed by atoms with Crippen LogP contribution in [0, 0.1) is 5.92 Å². The Bertz CT molecular complexity index is 208. The maximum Gasteiger partial charge on any atom is 0.391 e. The van der Waals surface area contributed by atoms with Gasteiger partial charge in [0.2, 0.25) is 0 Å². The molecule has 0 amide bonds. The summed E-state index contributed by atoms with van der Waals surface area (Å²) in [5.74, 6) is -1.07. The van der Waals surface area contributed by atoms with Crippen LogP contribution in [-0.4, -0.2) is 44.3 Å². The monoisotopic (exact) mass is 252 g/mol. The van der Waals surface area contributed by atoms with Gasteiger partial charge in [0.15, 0.2) is 0 Å². The number of hydrogen-bond donors (Lipinski definition) is 1. The van der Waals surface area contributed by atoms with Gasteiger partial charge >= 0.3 is 6.18 Å². The van der Waals surface area contributed by atoms with Crippen molar-refractivity contribution in [3.63, 3.8) is 0 Å². The van der Waals surface area contributed by atoms with E-state index >= 15 is 0 Å². The maximum absolute atomic E-state index is 12.4. The molecule has 0 aliphatic heterocycles. The zero-order valence-electron chi connectivity index (χ0n) is 10.7. The number of nitrogens with one attached hydrogen (secondary N) is 1. The molecule has 1 rings (SSSR count). The van der Waals surface area contributed by atoms with Crippen molar-refractivity contribution >= 4 is 0 Å². The second-order valence-electron chi connectivity index (χ2n) is 5.20. The lowest BCUT2D eigenvalue weighted by Crippen LogP contribution is -2.37. The third-order valence-corrected chi connectivity index (χ3v) is 3.41. The molecule has 1 aliphatic carbocycles. The van der Waals surface area contributed by atoms with Crippen molar-refractivity contribution in [2.75, 3.05) is 27.2 Å². The van der Waals surface area contributed by atoms with E-state index in [0.29, 0.717) is 12.8 Å². The van der Waals surface area contributed by atoms with E-state index in [4.69, 9.17) is 0 Å². The number of halogens is 3. The van der Waals surface area contributed by atoms with Crippen LogP contribution >= 0.6 is 0 Å². The van der Waals surface area contributed by atoms with Crippen LogP contribution in [0.3, 0.4) is 0 Å². The van der Waals surface area contributed by atoms with Crippen molar-refractivity contribution in [2.24, 2.45) is 5.92 Å². The van der Waals surface area contributed by atoms with Crippen molar-refractivity contribution in [3.05, 3.63) is 0 Å². The molecule has 0 heterocycles. The molecule has 1 N–H and O–H groups in total. The standard InChI is InChI=1S/C12H23F3N2/c1-17(2)9-3-8-16-11-6-4-10(5-7-11)12(13,14)15/h10-11,16H,3-9H2,1-2H3. The second-order valence-corrected chi connectivity index (χ2v) is 5.20. The molecule has 0 aromatic rings. The second kappa shape index (κ2) is 6.59. The Labute approximate surface area is 102 Å². The Morgan fingerprint density at radius 1 is 1.12 bits per heavy atom. The van der Waals surface area contributed by atoms with Gasteiger partial charge in [-0.1, -0.05) is 0 Å². The zero-order chi connectivity index (χ0) is 12.9. The molecular formula is C12H23F3N2. The van der Waals surface area contributed by atoms with Crippen LogP contribution in [0.15, 0.2) is 0 Å². The summed E-state index contributed by atoms with van der Waals surface area (Å²) in [6.45, 7) is 1.92. The summed E-state index contributed by atoms with van der Waals surface area (Å²) in [6.07, 6.45) is -1.05. The Morgan fingerprint density at radius 2 is 1.71 bits per heavy atom. The smallest absolute Gasteiger partial charge is 0.314 e. The summed E-state index contributed by atoms with van der Waals surface area (Å²) in [6, 6.07) is 0.288. The van der Waals surface area contributed by atoms with E-state index < -0.39 is 12.1 Å². The van der Waals surface area contributed by atoms with Crippen molar-refractivity contribution in [1.82, 2.24) is 10.2 Å². The van der Waals surface area contributed by atoms with Crippen LogP contribution in [-0.2, 0) is 0 Å². The fourth-order valence-electron chi connectivity index (χ4n) is 2.33. The minimum absolute atomic E-state index is 0.287. The van der Waals surface area contributed by atoms with Gasteiger partial charge in [0, 0.05) is 6.04 Å². The van der Waals surface area contributed by atoms with Gasteiger partial charge in [-0.15, -0.1) is 0 Å². The highest BCUT2D eigenvalue weighted by Crippen LogP contribution is 2.37. The zero-order valence-corrected chi connectivity index (χ0v) is 10.7. The average molecular weight is 252 g/mol. The molecule has 0 aromatic heterocycles. The first-order valence-electron chi connectivity index (χ1n) is 6.34. The van der Waals surface area contributed by atoms with Gasteiger partial charge in [0.05, 0.1) is 5.92 Å². The molecule has 1 aliphatic rings. The van der Waals surface area contributed by atoms with Gasteiger partial charge < -0.3 is 10.2 Å². The van der Waals surface area contributed by atoms with Gasteiger partial charge in [0.25, 0.3) is 0 Å². The summed E-state index contributed by atoms with van der Waals surface area (Å²) in [5, 5.41) is 3.35. The molecule has 0 radical (unpaired) electrons. The Kier molecular flexibility index (Phi) is 5.73. The maximum atomic E-state index is 12.4. The fourth-order valence-corrected chi connectivity index (χ4v) is 2.33. The average Bonchev–Trinajstić information content (AvgIpc) is 2.23. The minimum atomic E-state index is -3.99. The first-order valence-corrected chi connectivity index (χ1v) is 6.34. The summed E-state index contributed by atoms with van der Waals surface area (Å²) in [5.41, 5.74) is 0. The quantitative estimate of drug-likeness (QED) is 0.757. The molecule has 0 bridgehead atoms. The van der Waals surface area contributed by atoms with Gasteiger partial charge in [-0.05, 0) is 59.3 Å². The number of alkyl halides is 3. The molecule has 1 saturated carbocycles. The van der Waals surface area contributed by atoms with Crippen molar-refractivity contribution < 1.29 is 13.2 Å². The predicted molar refractivity (Wildman–Crippen MR) is 63.0 cm³/mol. The number of hydrogen-bond acceptors (Lipinski definition) is 2. The van der Waals surface area contributed by atoms with Gasteiger partial charge in [0.1, 0.15) is 0 Å². The molecular weight excluding hydrogens is 229 g/mol. The highest BCUT2D eigenvalue weighted by molar-refractivity contribution is 4.80. The lowest BCUT2D eigenvalue weighted by molar-refractivity contribution is -0.182. The molecule has 0 unspecified atom stereocenters. The van der Waals surface area contributed by atoms with Crippen molar-refractivity contribution in [3.8, 4) is 0 Å². The highest BCUT2D eigenvalue weighted by Gasteiger charge is 2.41. The van der Waals surface area contributed by atoms with E-state index in [1.54, 1.807) is 0 Å². The molecule has 17 heavy (non-hydrogen) atoms. The summed E-state index contributed by atoms with van der Waals surface area (Å²) in [7, 11) is 4.04. The van der Waals surface area contributed by atoms with Crippen LogP contribution in [0.4, 0.5) is 13.2 Å². The van der Waals surface area contributed by atoms with E-state index in [9.17, 15) is 13.2 Å². The Hall–Kier alpha value is -0.290.